The Balaban J connectivity index is 2.03. The smallest absolute Gasteiger partial charge is 0.364 e. The summed E-state index contributed by atoms with van der Waals surface area (Å²) in [5, 5.41) is 6.29. The number of aromatic nitrogens is 4. The molecule has 0 amide bonds. The molecule has 1 N–H and O–H groups in total. The van der Waals surface area contributed by atoms with E-state index in [0.29, 0.717) is 5.69 Å². The Morgan fingerprint density at radius 2 is 2.10 bits per heavy atom. The van der Waals surface area contributed by atoms with Crippen LogP contribution in [0.4, 0.5) is 19.0 Å². The van der Waals surface area contributed by atoms with Crippen LogP contribution in [0.15, 0.2) is 23.3 Å². The molecule has 2 heterocycles. The van der Waals surface area contributed by atoms with E-state index in [1.807, 2.05) is 0 Å². The molecule has 0 aliphatic carbocycles. The molecule has 0 aliphatic heterocycles. The fraction of sp³-hybridized carbons (Fsp3) is 0.417. The van der Waals surface area contributed by atoms with Crippen molar-refractivity contribution in [3.05, 3.63) is 40.2 Å². The van der Waals surface area contributed by atoms with Crippen LogP contribution in [0.25, 0.3) is 0 Å². The molecule has 0 saturated carbocycles. The normalized spacial score (nSPS) is 11.7. The summed E-state index contributed by atoms with van der Waals surface area (Å²) in [4.78, 5) is 15.6. The van der Waals surface area contributed by atoms with E-state index in [0.717, 1.165) is 6.07 Å². The predicted octanol–water partition coefficient (Wildman–Crippen LogP) is 1.42. The molecule has 2 aromatic heterocycles. The van der Waals surface area contributed by atoms with Gasteiger partial charge in [-0.3, -0.25) is 9.48 Å². The Labute approximate surface area is 118 Å². The molecule has 9 heteroatoms. The van der Waals surface area contributed by atoms with Gasteiger partial charge in [-0.1, -0.05) is 0 Å². The van der Waals surface area contributed by atoms with Crippen molar-refractivity contribution in [2.24, 2.45) is 7.05 Å². The summed E-state index contributed by atoms with van der Waals surface area (Å²) in [5.74, 6) is 0.154. The monoisotopic (exact) mass is 301 g/mol. The fourth-order valence-corrected chi connectivity index (χ4v) is 1.77. The number of nitrogens with one attached hydrogen (secondary N) is 1. The average Bonchev–Trinajstić information content (AvgIpc) is 2.76. The van der Waals surface area contributed by atoms with Gasteiger partial charge in [-0.05, 0) is 13.0 Å². The number of nitrogens with zero attached hydrogens (tertiary/aromatic N) is 4. The van der Waals surface area contributed by atoms with Gasteiger partial charge in [-0.25, -0.2) is 4.98 Å². The maximum absolute atomic E-state index is 12.5. The molecule has 0 bridgehead atoms. The van der Waals surface area contributed by atoms with Crippen LogP contribution in [-0.4, -0.2) is 25.9 Å². The lowest BCUT2D eigenvalue weighted by atomic mass is 10.3. The van der Waals surface area contributed by atoms with Crippen molar-refractivity contribution in [1.82, 2.24) is 19.3 Å². The summed E-state index contributed by atoms with van der Waals surface area (Å²) >= 11 is 0. The highest BCUT2D eigenvalue weighted by Crippen LogP contribution is 2.28. The first-order valence-corrected chi connectivity index (χ1v) is 6.16. The van der Waals surface area contributed by atoms with Gasteiger partial charge in [0, 0.05) is 31.7 Å². The van der Waals surface area contributed by atoms with Gasteiger partial charge in [0.15, 0.2) is 11.5 Å². The van der Waals surface area contributed by atoms with Crippen LogP contribution in [0.3, 0.4) is 0 Å². The third-order valence-corrected chi connectivity index (χ3v) is 2.90. The van der Waals surface area contributed by atoms with Crippen molar-refractivity contribution in [1.29, 1.82) is 0 Å². The number of aryl methyl sites for hydroxylation is 2. The van der Waals surface area contributed by atoms with Crippen LogP contribution < -0.4 is 10.9 Å². The first-order chi connectivity index (χ1) is 9.79. The van der Waals surface area contributed by atoms with Crippen molar-refractivity contribution in [2.75, 3.05) is 11.9 Å². The van der Waals surface area contributed by atoms with Gasteiger partial charge >= 0.3 is 6.18 Å². The van der Waals surface area contributed by atoms with Crippen molar-refractivity contribution in [3.63, 3.8) is 0 Å². The molecule has 6 nitrogen and oxygen atoms in total. The van der Waals surface area contributed by atoms with E-state index in [1.165, 1.54) is 21.6 Å². The topological polar surface area (TPSA) is 64.7 Å². The summed E-state index contributed by atoms with van der Waals surface area (Å²) in [6, 6.07) is 0.986. The average molecular weight is 301 g/mol. The number of halogens is 3. The minimum atomic E-state index is -4.46. The summed E-state index contributed by atoms with van der Waals surface area (Å²) in [5.41, 5.74) is -0.822. The SMILES string of the molecule is Cc1cc(C(F)(F)F)nn1CCNc1nccn(C)c1=O. The summed E-state index contributed by atoms with van der Waals surface area (Å²) < 4.78 is 40.2. The number of hydrogen-bond acceptors (Lipinski definition) is 4. The third kappa shape index (κ3) is 3.41. The summed E-state index contributed by atoms with van der Waals surface area (Å²) in [6.07, 6.45) is -1.48. The fourth-order valence-electron chi connectivity index (χ4n) is 1.77. The number of anilines is 1. The molecule has 0 unspecified atom stereocenters. The molecule has 0 fully saturated rings. The lowest BCUT2D eigenvalue weighted by molar-refractivity contribution is -0.141. The van der Waals surface area contributed by atoms with Gasteiger partial charge < -0.3 is 9.88 Å². The quantitative estimate of drug-likeness (QED) is 0.927. The van der Waals surface area contributed by atoms with E-state index in [9.17, 15) is 18.0 Å². The van der Waals surface area contributed by atoms with Crippen LogP contribution >= 0.6 is 0 Å². The number of hydrogen-bond donors (Lipinski definition) is 1. The highest BCUT2D eigenvalue weighted by atomic mass is 19.4. The van der Waals surface area contributed by atoms with Gasteiger partial charge in [-0.15, -0.1) is 0 Å². The van der Waals surface area contributed by atoms with E-state index in [1.54, 1.807) is 14.0 Å². The molecule has 0 atom stereocenters. The third-order valence-electron chi connectivity index (χ3n) is 2.90. The summed E-state index contributed by atoms with van der Waals surface area (Å²) in [7, 11) is 1.59. The minimum Gasteiger partial charge on any atom is -0.364 e. The van der Waals surface area contributed by atoms with Crippen LogP contribution in [0.1, 0.15) is 11.4 Å². The first-order valence-electron chi connectivity index (χ1n) is 6.16. The largest absolute Gasteiger partial charge is 0.435 e. The molecule has 2 rings (SSSR count). The highest BCUT2D eigenvalue weighted by Gasteiger charge is 2.34. The molecule has 0 aromatic carbocycles. The second kappa shape index (κ2) is 5.58. The Hall–Kier alpha value is -2.32. The van der Waals surface area contributed by atoms with Crippen molar-refractivity contribution in [2.45, 2.75) is 19.6 Å². The Bertz CT molecular complexity index is 689. The van der Waals surface area contributed by atoms with Crippen LogP contribution in [0.5, 0.6) is 0 Å². The zero-order valence-corrected chi connectivity index (χ0v) is 11.5. The molecule has 21 heavy (non-hydrogen) atoms. The Kier molecular flexibility index (Phi) is 4.01. The van der Waals surface area contributed by atoms with Gasteiger partial charge in [-0.2, -0.15) is 18.3 Å². The second-order valence-corrected chi connectivity index (χ2v) is 4.51. The predicted molar refractivity (Wildman–Crippen MR) is 69.9 cm³/mol. The molecule has 0 spiro atoms. The maximum atomic E-state index is 12.5. The van der Waals surface area contributed by atoms with E-state index in [4.69, 9.17) is 0 Å². The van der Waals surface area contributed by atoms with E-state index < -0.39 is 11.9 Å². The van der Waals surface area contributed by atoms with Crippen LogP contribution in [-0.2, 0) is 19.8 Å². The van der Waals surface area contributed by atoms with Gasteiger partial charge in [0.25, 0.3) is 5.56 Å². The minimum absolute atomic E-state index is 0.154. The molecule has 0 radical (unpaired) electrons. The zero-order valence-electron chi connectivity index (χ0n) is 11.5. The first kappa shape index (κ1) is 15.1. The standard InChI is InChI=1S/C12H14F3N5O/c1-8-7-9(12(13,14)15)18-20(8)6-4-17-10-11(21)19(2)5-3-16-10/h3,5,7H,4,6H2,1-2H3,(H,16,17). The van der Waals surface area contributed by atoms with Crippen LogP contribution in [0.2, 0.25) is 0 Å². The molecule has 0 aliphatic rings. The lowest BCUT2D eigenvalue weighted by Gasteiger charge is -2.07. The van der Waals surface area contributed by atoms with E-state index >= 15 is 0 Å². The highest BCUT2D eigenvalue weighted by molar-refractivity contribution is 5.30. The molecule has 2 aromatic rings. The lowest BCUT2D eigenvalue weighted by Crippen LogP contribution is -2.24. The summed E-state index contributed by atoms with van der Waals surface area (Å²) in [6.45, 7) is 1.98. The van der Waals surface area contributed by atoms with E-state index in [2.05, 4.69) is 15.4 Å². The zero-order chi connectivity index (χ0) is 15.6. The van der Waals surface area contributed by atoms with Gasteiger partial charge in [0.1, 0.15) is 0 Å². The molecular formula is C12H14F3N5O. The maximum Gasteiger partial charge on any atom is 0.435 e. The van der Waals surface area contributed by atoms with Crippen LogP contribution in [0, 0.1) is 6.92 Å². The molecular weight excluding hydrogens is 287 g/mol. The Morgan fingerprint density at radius 3 is 2.71 bits per heavy atom. The van der Waals surface area contributed by atoms with Gasteiger partial charge in [0.2, 0.25) is 0 Å². The van der Waals surface area contributed by atoms with E-state index in [-0.39, 0.29) is 24.5 Å². The Morgan fingerprint density at radius 1 is 1.38 bits per heavy atom. The van der Waals surface area contributed by atoms with Crippen molar-refractivity contribution < 1.29 is 13.2 Å². The van der Waals surface area contributed by atoms with Gasteiger partial charge in [0.05, 0.1) is 6.54 Å². The number of rotatable bonds is 4. The second-order valence-electron chi connectivity index (χ2n) is 4.51. The van der Waals surface area contributed by atoms with Crippen molar-refractivity contribution in [3.8, 4) is 0 Å². The molecule has 0 saturated heterocycles. The van der Waals surface area contributed by atoms with Crippen molar-refractivity contribution >= 4 is 5.82 Å². The number of alkyl halides is 3. The molecule has 114 valence electrons.